The zero-order valence-corrected chi connectivity index (χ0v) is 13.7. The summed E-state index contributed by atoms with van der Waals surface area (Å²) < 4.78 is 7.92. The van der Waals surface area contributed by atoms with Gasteiger partial charge in [-0.25, -0.2) is 4.79 Å². The molecule has 2 aliphatic heterocycles. The van der Waals surface area contributed by atoms with E-state index in [0.717, 1.165) is 43.7 Å². The van der Waals surface area contributed by atoms with Crippen molar-refractivity contribution in [2.24, 2.45) is 0 Å². The summed E-state index contributed by atoms with van der Waals surface area (Å²) in [5, 5.41) is 3.19. The molecule has 2 amide bonds. The number of urea groups is 1. The summed E-state index contributed by atoms with van der Waals surface area (Å²) in [5.41, 5.74) is 1.08. The van der Waals surface area contributed by atoms with Crippen LogP contribution < -0.4 is 10.1 Å². The van der Waals surface area contributed by atoms with E-state index in [0.29, 0.717) is 12.6 Å². The Morgan fingerprint density at radius 3 is 2.58 bits per heavy atom. The Kier molecular flexibility index (Phi) is 4.15. The number of fused-ring (bicyclic) bond motifs is 1. The van der Waals surface area contributed by atoms with Crippen LogP contribution >= 0.6 is 0 Å². The van der Waals surface area contributed by atoms with Gasteiger partial charge in [0.2, 0.25) is 0 Å². The van der Waals surface area contributed by atoms with Crippen LogP contribution in [0.5, 0.6) is 5.75 Å². The van der Waals surface area contributed by atoms with Gasteiger partial charge in [0, 0.05) is 43.5 Å². The number of nitrogens with zero attached hydrogens (tertiary/aromatic N) is 2. The number of likely N-dealkylation sites (tertiary alicyclic amines) is 1. The van der Waals surface area contributed by atoms with Crippen LogP contribution in [0.25, 0.3) is 0 Å². The maximum absolute atomic E-state index is 12.6. The van der Waals surface area contributed by atoms with Gasteiger partial charge in [-0.15, -0.1) is 0 Å². The van der Waals surface area contributed by atoms with Crippen LogP contribution in [0.1, 0.15) is 36.9 Å². The number of benzene rings is 1. The van der Waals surface area contributed by atoms with Crippen molar-refractivity contribution < 1.29 is 9.53 Å². The maximum atomic E-state index is 12.6. The molecular weight excluding hydrogens is 302 g/mol. The fourth-order valence-electron chi connectivity index (χ4n) is 3.69. The van der Waals surface area contributed by atoms with Crippen LogP contribution in [0.4, 0.5) is 4.79 Å². The Hall–Kier alpha value is -2.43. The second-order valence-corrected chi connectivity index (χ2v) is 6.53. The van der Waals surface area contributed by atoms with E-state index in [9.17, 15) is 4.79 Å². The standard InChI is InChI=1S/C19H23N3O2/c23-19(20-17-9-14-24-18-6-2-1-5-16(17)18)22-12-7-15(8-13-22)21-10-3-4-11-21/h1-6,10-11,15,17H,7-9,12-14H2,(H,20,23)/t17-/m0/s1. The van der Waals surface area contributed by atoms with Crippen molar-refractivity contribution in [3.05, 3.63) is 54.4 Å². The number of aromatic nitrogens is 1. The van der Waals surface area contributed by atoms with Crippen LogP contribution in [0.3, 0.4) is 0 Å². The van der Waals surface area contributed by atoms with Crippen molar-refractivity contribution >= 4 is 6.03 Å². The molecule has 1 fully saturated rings. The summed E-state index contributed by atoms with van der Waals surface area (Å²) >= 11 is 0. The van der Waals surface area contributed by atoms with Crippen molar-refractivity contribution in [3.8, 4) is 5.75 Å². The lowest BCUT2D eigenvalue weighted by atomic mass is 10.0. The maximum Gasteiger partial charge on any atom is 0.317 e. The molecule has 1 N–H and O–H groups in total. The molecule has 3 heterocycles. The van der Waals surface area contributed by atoms with E-state index in [4.69, 9.17) is 4.74 Å². The fraction of sp³-hybridized carbons (Fsp3) is 0.421. The largest absolute Gasteiger partial charge is 0.493 e. The number of carbonyl (C=O) groups excluding carboxylic acids is 1. The molecule has 0 saturated carbocycles. The summed E-state index contributed by atoms with van der Waals surface area (Å²) in [4.78, 5) is 14.6. The molecule has 0 spiro atoms. The molecule has 5 nitrogen and oxygen atoms in total. The Bertz CT molecular complexity index is 690. The van der Waals surface area contributed by atoms with Crippen molar-refractivity contribution in [1.29, 1.82) is 0 Å². The van der Waals surface area contributed by atoms with Crippen LogP contribution in [0.15, 0.2) is 48.8 Å². The molecule has 126 valence electrons. The van der Waals surface area contributed by atoms with E-state index < -0.39 is 0 Å². The Balaban J connectivity index is 1.36. The van der Waals surface area contributed by atoms with Gasteiger partial charge in [0.05, 0.1) is 12.6 Å². The number of amides is 2. The smallest absolute Gasteiger partial charge is 0.317 e. The molecule has 4 rings (SSSR count). The topological polar surface area (TPSA) is 46.5 Å². The zero-order chi connectivity index (χ0) is 16.4. The second-order valence-electron chi connectivity index (χ2n) is 6.53. The van der Waals surface area contributed by atoms with Gasteiger partial charge in [0.15, 0.2) is 0 Å². The van der Waals surface area contributed by atoms with Gasteiger partial charge in [-0.1, -0.05) is 18.2 Å². The van der Waals surface area contributed by atoms with Crippen molar-refractivity contribution in [1.82, 2.24) is 14.8 Å². The number of hydrogen-bond donors (Lipinski definition) is 1. The fourth-order valence-corrected chi connectivity index (χ4v) is 3.69. The van der Waals surface area contributed by atoms with Gasteiger partial charge in [0.1, 0.15) is 5.75 Å². The van der Waals surface area contributed by atoms with E-state index in [1.807, 2.05) is 29.2 Å². The molecule has 2 aromatic rings. The first-order valence-electron chi connectivity index (χ1n) is 8.71. The summed E-state index contributed by atoms with van der Waals surface area (Å²) in [6.07, 6.45) is 7.06. The van der Waals surface area contributed by atoms with Gasteiger partial charge in [0.25, 0.3) is 0 Å². The zero-order valence-electron chi connectivity index (χ0n) is 13.7. The number of para-hydroxylation sites is 1. The highest BCUT2D eigenvalue weighted by Gasteiger charge is 2.27. The Morgan fingerprint density at radius 2 is 1.79 bits per heavy atom. The second kappa shape index (κ2) is 6.59. The number of nitrogens with one attached hydrogen (secondary N) is 1. The van der Waals surface area contributed by atoms with Crippen LogP contribution in [0, 0.1) is 0 Å². The number of hydrogen-bond acceptors (Lipinski definition) is 2. The predicted octanol–water partition coefficient (Wildman–Crippen LogP) is 3.36. The molecule has 0 bridgehead atoms. The van der Waals surface area contributed by atoms with E-state index in [1.54, 1.807) is 0 Å². The van der Waals surface area contributed by atoms with E-state index in [-0.39, 0.29) is 12.1 Å². The normalized spacial score (nSPS) is 21.0. The SMILES string of the molecule is O=C(N[C@H]1CCOc2ccccc21)N1CCC(n2cccc2)CC1. The minimum Gasteiger partial charge on any atom is -0.493 e. The number of carbonyl (C=O) groups is 1. The molecule has 1 atom stereocenters. The molecule has 0 radical (unpaired) electrons. The lowest BCUT2D eigenvalue weighted by Gasteiger charge is -2.35. The van der Waals surface area contributed by atoms with Crippen molar-refractivity contribution in [2.45, 2.75) is 31.3 Å². The third-order valence-electron chi connectivity index (χ3n) is 5.06. The molecule has 2 aliphatic rings. The van der Waals surface area contributed by atoms with Gasteiger partial charge < -0.3 is 19.5 Å². The molecule has 1 aromatic carbocycles. The Labute approximate surface area is 142 Å². The van der Waals surface area contributed by atoms with Crippen LogP contribution in [-0.4, -0.2) is 35.2 Å². The average Bonchev–Trinajstić information content (AvgIpc) is 3.17. The lowest BCUT2D eigenvalue weighted by Crippen LogP contribution is -2.46. The van der Waals surface area contributed by atoms with Crippen molar-refractivity contribution in [2.75, 3.05) is 19.7 Å². The van der Waals surface area contributed by atoms with E-state index in [2.05, 4.69) is 34.4 Å². The molecule has 1 aromatic heterocycles. The molecule has 5 heteroatoms. The van der Waals surface area contributed by atoms with Gasteiger partial charge in [-0.3, -0.25) is 0 Å². The summed E-state index contributed by atoms with van der Waals surface area (Å²) in [6.45, 7) is 2.26. The molecule has 24 heavy (non-hydrogen) atoms. The highest BCUT2D eigenvalue weighted by atomic mass is 16.5. The minimum atomic E-state index is 0.0441. The van der Waals surface area contributed by atoms with Crippen LogP contribution in [0.2, 0.25) is 0 Å². The first-order valence-corrected chi connectivity index (χ1v) is 8.71. The van der Waals surface area contributed by atoms with E-state index in [1.165, 1.54) is 0 Å². The summed E-state index contributed by atoms with van der Waals surface area (Å²) in [5.74, 6) is 0.889. The molecular formula is C19H23N3O2. The van der Waals surface area contributed by atoms with Crippen LogP contribution in [-0.2, 0) is 0 Å². The number of piperidine rings is 1. The Morgan fingerprint density at radius 1 is 1.04 bits per heavy atom. The number of ether oxygens (including phenoxy) is 1. The first kappa shape index (κ1) is 15.1. The third kappa shape index (κ3) is 2.98. The first-order chi connectivity index (χ1) is 11.8. The van der Waals surface area contributed by atoms with E-state index >= 15 is 0 Å². The van der Waals surface area contributed by atoms with Gasteiger partial charge in [-0.2, -0.15) is 0 Å². The molecule has 0 unspecified atom stereocenters. The monoisotopic (exact) mass is 325 g/mol. The highest BCUT2D eigenvalue weighted by molar-refractivity contribution is 5.75. The lowest BCUT2D eigenvalue weighted by molar-refractivity contribution is 0.163. The third-order valence-corrected chi connectivity index (χ3v) is 5.06. The molecule has 0 aliphatic carbocycles. The summed E-state index contributed by atoms with van der Waals surface area (Å²) in [6, 6.07) is 12.7. The molecule has 1 saturated heterocycles. The predicted molar refractivity (Wildman–Crippen MR) is 92.1 cm³/mol. The summed E-state index contributed by atoms with van der Waals surface area (Å²) in [7, 11) is 0. The average molecular weight is 325 g/mol. The van der Waals surface area contributed by atoms with Gasteiger partial charge >= 0.3 is 6.03 Å². The number of rotatable bonds is 2. The van der Waals surface area contributed by atoms with Gasteiger partial charge in [-0.05, 0) is 31.0 Å². The quantitative estimate of drug-likeness (QED) is 0.920. The minimum absolute atomic E-state index is 0.0441. The van der Waals surface area contributed by atoms with Crippen molar-refractivity contribution in [3.63, 3.8) is 0 Å². The highest BCUT2D eigenvalue weighted by Crippen LogP contribution is 2.32.